The van der Waals surface area contributed by atoms with E-state index in [1.807, 2.05) is 0 Å². The molecule has 2 nitrogen and oxygen atoms in total. The second-order valence-corrected chi connectivity index (χ2v) is 0.447. The number of hydrogen-bond acceptors (Lipinski definition) is 2. The molecule has 7 heavy (non-hydrogen) atoms. The molecule has 0 amide bonds. The van der Waals surface area contributed by atoms with Gasteiger partial charge in [0.25, 0.3) is 0 Å². The van der Waals surface area contributed by atoms with Gasteiger partial charge in [-0.05, 0) is 0 Å². The maximum Gasteiger partial charge on any atom is 0.0662 e. The maximum atomic E-state index is 7.62. The van der Waals surface area contributed by atoms with Gasteiger partial charge in [-0.3, -0.25) is 4.70 Å². The lowest BCUT2D eigenvalue weighted by Gasteiger charge is -1.70. The Morgan fingerprint density at radius 1 is 1.00 bits per heavy atom. The second-order valence-electron chi connectivity index (χ2n) is 0.447. The predicted octanol–water partition coefficient (Wildman–Crippen LogP) is -0.0743. The lowest BCUT2D eigenvalue weighted by Crippen LogP contribution is -1.85. The molecule has 0 heterocycles. The lowest BCUT2D eigenvalue weighted by molar-refractivity contribution is 0.186. The van der Waals surface area contributed by atoms with Crippen molar-refractivity contribution >= 4 is 0 Å². The largest absolute Gasteiger partial charge is 0.394 e. The van der Waals surface area contributed by atoms with Crippen LogP contribution in [0.2, 0.25) is 0 Å². The number of aliphatic hydroxyl groups excluding tert-OH is 2. The molecule has 0 unspecified atom stereocenters. The van der Waals surface area contributed by atoms with Gasteiger partial charge in [0.15, 0.2) is 0 Å². The molecule has 2 N–H and O–H groups in total. The minimum Gasteiger partial charge on any atom is -0.394 e. The van der Waals surface area contributed by atoms with Crippen LogP contribution in [-0.2, 0) is 0 Å². The standard InChI is InChI=1S/C2H6O2.C2H4.FH/c3-1-2-4;1-2;/h3-4H,1-2H2;1-2H2;1H. The third kappa shape index (κ3) is 207. The van der Waals surface area contributed by atoms with E-state index in [1.165, 1.54) is 0 Å². The average molecular weight is 110 g/mol. The topological polar surface area (TPSA) is 40.5 Å². The van der Waals surface area contributed by atoms with E-state index in [1.54, 1.807) is 0 Å². The SMILES string of the molecule is C=C.F.OCCO. The molecule has 0 rings (SSSR count). The van der Waals surface area contributed by atoms with Crippen LogP contribution < -0.4 is 0 Å². The Bertz CT molecular complexity index is 17.2. The van der Waals surface area contributed by atoms with Crippen molar-refractivity contribution in [2.45, 2.75) is 0 Å². The molecule has 0 radical (unpaired) electrons. The summed E-state index contributed by atoms with van der Waals surface area (Å²) in [6, 6.07) is 0. The highest BCUT2D eigenvalue weighted by Gasteiger charge is 1.58. The second kappa shape index (κ2) is 46.6. The molecule has 0 spiro atoms. The molecule has 0 aliphatic rings. The third-order valence-electron chi connectivity index (χ3n) is 0.1000. The Morgan fingerprint density at radius 3 is 1.14 bits per heavy atom. The molecule has 0 aromatic rings. The van der Waals surface area contributed by atoms with Crippen molar-refractivity contribution in [2.75, 3.05) is 13.2 Å². The summed E-state index contributed by atoms with van der Waals surface area (Å²) in [4.78, 5) is 0. The quantitative estimate of drug-likeness (QED) is 0.464. The van der Waals surface area contributed by atoms with E-state index in [-0.39, 0.29) is 17.9 Å². The molecule has 0 atom stereocenters. The van der Waals surface area contributed by atoms with Crippen LogP contribution in [0.4, 0.5) is 4.70 Å². The normalized spacial score (nSPS) is 4.86. The molecule has 0 aromatic heterocycles. The molecule has 0 bridgehead atoms. The van der Waals surface area contributed by atoms with Crippen molar-refractivity contribution in [1.82, 2.24) is 0 Å². The number of aliphatic hydroxyl groups is 2. The molecule has 0 aromatic carbocycles. The van der Waals surface area contributed by atoms with Crippen molar-refractivity contribution in [2.24, 2.45) is 0 Å². The van der Waals surface area contributed by atoms with E-state index < -0.39 is 0 Å². The number of halogens is 1. The van der Waals surface area contributed by atoms with Crippen molar-refractivity contribution in [3.8, 4) is 0 Å². The van der Waals surface area contributed by atoms with Crippen LogP contribution in [0.5, 0.6) is 0 Å². The summed E-state index contributed by atoms with van der Waals surface area (Å²) >= 11 is 0. The van der Waals surface area contributed by atoms with Crippen molar-refractivity contribution < 1.29 is 14.9 Å². The van der Waals surface area contributed by atoms with Crippen LogP contribution in [0, 0.1) is 0 Å². The van der Waals surface area contributed by atoms with E-state index in [2.05, 4.69) is 13.2 Å². The van der Waals surface area contributed by atoms with Gasteiger partial charge in [-0.2, -0.15) is 0 Å². The maximum absolute atomic E-state index is 7.62. The third-order valence-corrected chi connectivity index (χ3v) is 0.1000. The summed E-state index contributed by atoms with van der Waals surface area (Å²) in [5.74, 6) is 0. The van der Waals surface area contributed by atoms with Crippen LogP contribution >= 0.6 is 0 Å². The zero-order valence-corrected chi connectivity index (χ0v) is 4.13. The number of hydrogen-bond donors (Lipinski definition) is 2. The van der Waals surface area contributed by atoms with Gasteiger partial charge in [-0.1, -0.05) is 0 Å². The molecule has 0 aliphatic carbocycles. The van der Waals surface area contributed by atoms with E-state index in [4.69, 9.17) is 10.2 Å². The Morgan fingerprint density at radius 2 is 1.14 bits per heavy atom. The first-order valence-corrected chi connectivity index (χ1v) is 1.63. The Kier molecular flexibility index (Phi) is 106. The minimum atomic E-state index is -0.125. The fourth-order valence-corrected chi connectivity index (χ4v) is 0. The van der Waals surface area contributed by atoms with Gasteiger partial charge in [0.2, 0.25) is 0 Å². The highest BCUT2D eigenvalue weighted by atomic mass is 19.0. The van der Waals surface area contributed by atoms with E-state index >= 15 is 0 Å². The smallest absolute Gasteiger partial charge is 0.0662 e. The molecular formula is C4H11FO2. The summed E-state index contributed by atoms with van der Waals surface area (Å²) in [6.45, 7) is 5.75. The molecule has 0 aliphatic heterocycles. The van der Waals surface area contributed by atoms with Crippen LogP contribution in [0.25, 0.3) is 0 Å². The first-order valence-electron chi connectivity index (χ1n) is 1.63. The van der Waals surface area contributed by atoms with Crippen LogP contribution in [0.1, 0.15) is 0 Å². The van der Waals surface area contributed by atoms with Crippen molar-refractivity contribution in [3.05, 3.63) is 13.2 Å². The summed E-state index contributed by atoms with van der Waals surface area (Å²) in [5.41, 5.74) is 0. The van der Waals surface area contributed by atoms with Gasteiger partial charge >= 0.3 is 0 Å². The first-order chi connectivity index (χ1) is 2.91. The summed E-state index contributed by atoms with van der Waals surface area (Å²) in [6.07, 6.45) is 0. The zero-order valence-electron chi connectivity index (χ0n) is 4.13. The van der Waals surface area contributed by atoms with Gasteiger partial charge < -0.3 is 10.2 Å². The van der Waals surface area contributed by atoms with Crippen LogP contribution in [0.3, 0.4) is 0 Å². The van der Waals surface area contributed by atoms with Crippen LogP contribution in [-0.4, -0.2) is 23.4 Å². The molecule has 0 fully saturated rings. The Hall–Kier alpha value is -0.410. The summed E-state index contributed by atoms with van der Waals surface area (Å²) < 4.78 is 0. The average Bonchev–Trinajstić information content (AvgIpc) is 1.72. The fourth-order valence-electron chi connectivity index (χ4n) is 0. The fraction of sp³-hybridized carbons (Fsp3) is 0.500. The zero-order chi connectivity index (χ0) is 5.41. The predicted molar refractivity (Wildman–Crippen MR) is 27.9 cm³/mol. The highest BCUT2D eigenvalue weighted by molar-refractivity contribution is 4.22. The van der Waals surface area contributed by atoms with E-state index in [0.717, 1.165) is 0 Å². The van der Waals surface area contributed by atoms with Gasteiger partial charge in [-0.15, -0.1) is 13.2 Å². The monoisotopic (exact) mass is 110 g/mol. The molecule has 0 saturated heterocycles. The van der Waals surface area contributed by atoms with Gasteiger partial charge in [0, 0.05) is 0 Å². The molecule has 46 valence electrons. The Labute approximate surface area is 42.5 Å². The lowest BCUT2D eigenvalue weighted by atomic mass is 10.8. The summed E-state index contributed by atoms with van der Waals surface area (Å²) in [7, 11) is 0. The van der Waals surface area contributed by atoms with Crippen LogP contribution in [0.15, 0.2) is 13.2 Å². The van der Waals surface area contributed by atoms with E-state index in [0.29, 0.717) is 0 Å². The van der Waals surface area contributed by atoms with Gasteiger partial charge in [-0.25, -0.2) is 0 Å². The number of rotatable bonds is 1. The Balaban J connectivity index is -0.0000000480. The molecule has 0 saturated carbocycles. The highest BCUT2D eigenvalue weighted by Crippen LogP contribution is 1.39. The van der Waals surface area contributed by atoms with Crippen molar-refractivity contribution in [1.29, 1.82) is 0 Å². The minimum absolute atomic E-state index is 0. The first kappa shape index (κ1) is 16.0. The molecular weight excluding hydrogens is 99.0 g/mol. The van der Waals surface area contributed by atoms with Gasteiger partial charge in [0.1, 0.15) is 0 Å². The van der Waals surface area contributed by atoms with Crippen molar-refractivity contribution in [3.63, 3.8) is 0 Å². The molecule has 3 heteroatoms. The summed E-state index contributed by atoms with van der Waals surface area (Å²) in [5, 5.41) is 15.2. The van der Waals surface area contributed by atoms with E-state index in [9.17, 15) is 0 Å². The van der Waals surface area contributed by atoms with Gasteiger partial charge in [0.05, 0.1) is 13.2 Å².